The Labute approximate surface area is 153 Å². The molecule has 0 unspecified atom stereocenters. The zero-order chi connectivity index (χ0) is 19.6. The summed E-state index contributed by atoms with van der Waals surface area (Å²) in [4.78, 5) is 26.3. The van der Waals surface area contributed by atoms with Crippen LogP contribution in [0.1, 0.15) is 17.4 Å². The number of hydrogen-bond acceptors (Lipinski definition) is 7. The summed E-state index contributed by atoms with van der Waals surface area (Å²) in [6.07, 6.45) is -0.603. The minimum atomic E-state index is -1.43. The highest BCUT2D eigenvalue weighted by molar-refractivity contribution is 5.69. The summed E-state index contributed by atoms with van der Waals surface area (Å²) in [5.74, 6) is 0.697. The van der Waals surface area contributed by atoms with Crippen LogP contribution in [0.2, 0.25) is 0 Å². The maximum absolute atomic E-state index is 12.1. The second kappa shape index (κ2) is 7.89. The van der Waals surface area contributed by atoms with Crippen LogP contribution in [0.4, 0.5) is 0 Å². The van der Waals surface area contributed by atoms with Crippen molar-refractivity contribution in [3.8, 4) is 5.75 Å². The quantitative estimate of drug-likeness (QED) is 0.544. The fourth-order valence-electron chi connectivity index (χ4n) is 2.82. The molecule has 0 spiro atoms. The van der Waals surface area contributed by atoms with Crippen LogP contribution in [-0.4, -0.2) is 56.9 Å². The van der Waals surface area contributed by atoms with Gasteiger partial charge >= 0.3 is 5.69 Å². The molecule has 1 saturated heterocycles. The van der Waals surface area contributed by atoms with Crippen molar-refractivity contribution in [2.45, 2.75) is 24.5 Å². The highest BCUT2D eigenvalue weighted by Gasteiger charge is 2.43. The lowest BCUT2D eigenvalue weighted by Gasteiger charge is -2.17. The van der Waals surface area contributed by atoms with Crippen molar-refractivity contribution in [3.05, 3.63) is 62.4 Å². The molecule has 1 fully saturated rings. The van der Waals surface area contributed by atoms with Gasteiger partial charge in [0.1, 0.15) is 24.1 Å². The summed E-state index contributed by atoms with van der Waals surface area (Å²) in [6, 6.07) is 7.13. The van der Waals surface area contributed by atoms with E-state index in [0.29, 0.717) is 5.75 Å². The van der Waals surface area contributed by atoms with Gasteiger partial charge in [-0.15, -0.1) is 0 Å². The molecule has 144 valence electrons. The van der Waals surface area contributed by atoms with Crippen molar-refractivity contribution < 1.29 is 24.8 Å². The number of aromatic amines is 1. The van der Waals surface area contributed by atoms with E-state index >= 15 is 0 Å². The zero-order valence-corrected chi connectivity index (χ0v) is 14.5. The number of benzene rings is 1. The highest BCUT2D eigenvalue weighted by atomic mass is 16.6. The first-order valence-corrected chi connectivity index (χ1v) is 8.24. The third kappa shape index (κ3) is 3.86. The number of methoxy groups -OCH3 is 1. The minimum Gasteiger partial charge on any atom is -0.497 e. The summed E-state index contributed by atoms with van der Waals surface area (Å²) >= 11 is 0. The molecule has 4 N–H and O–H groups in total. The fraction of sp³-hybridized carbons (Fsp3) is 0.333. The van der Waals surface area contributed by atoms with E-state index in [2.05, 4.69) is 4.98 Å². The molecule has 0 radical (unpaired) electrons. The smallest absolute Gasteiger partial charge is 0.330 e. The molecule has 0 bridgehead atoms. The lowest BCUT2D eigenvalue weighted by atomic mass is 10.1. The summed E-state index contributed by atoms with van der Waals surface area (Å²) in [6.45, 7) is -0.517. The number of nitrogens with zero attached hydrogens (tertiary/aromatic N) is 1. The molecule has 27 heavy (non-hydrogen) atoms. The molecule has 9 nitrogen and oxygen atoms in total. The molecule has 9 heteroatoms. The largest absolute Gasteiger partial charge is 0.497 e. The van der Waals surface area contributed by atoms with E-state index < -0.39 is 42.4 Å². The number of ether oxygens (including phenoxy) is 2. The highest BCUT2D eigenvalue weighted by Crippen LogP contribution is 2.28. The van der Waals surface area contributed by atoms with Gasteiger partial charge in [-0.1, -0.05) is 18.2 Å². The maximum Gasteiger partial charge on any atom is 0.330 e. The lowest BCUT2D eigenvalue weighted by Crippen LogP contribution is -2.38. The first-order valence-electron chi connectivity index (χ1n) is 8.24. The van der Waals surface area contributed by atoms with Crippen LogP contribution in [-0.2, 0) is 4.74 Å². The fourth-order valence-corrected chi connectivity index (χ4v) is 2.82. The van der Waals surface area contributed by atoms with E-state index in [1.807, 2.05) is 0 Å². The SMILES string of the molecule is COc1ccc(/C=C/c2cn([C@@H]3O[C@H](CO)[C@@H](O)[C@H]3O)c(=O)[nH]c2=O)cc1. The van der Waals surface area contributed by atoms with Crippen LogP contribution in [0.5, 0.6) is 5.75 Å². The standard InChI is InChI=1S/C18H20N2O7/c1-26-12-6-3-10(4-7-12)2-5-11-8-20(18(25)19-16(11)24)17-15(23)14(22)13(9-21)27-17/h2-8,13-15,17,21-23H,9H2,1H3,(H,19,24,25)/b5-2+/t13-,14-,15-,17-/m1/s1. The van der Waals surface area contributed by atoms with Gasteiger partial charge in [0.15, 0.2) is 6.23 Å². The molecule has 3 rings (SSSR count). The van der Waals surface area contributed by atoms with Crippen molar-refractivity contribution in [2.75, 3.05) is 13.7 Å². The Balaban J connectivity index is 1.91. The maximum atomic E-state index is 12.1. The van der Waals surface area contributed by atoms with Gasteiger partial charge in [0, 0.05) is 6.20 Å². The van der Waals surface area contributed by atoms with Gasteiger partial charge in [-0.2, -0.15) is 0 Å². The van der Waals surface area contributed by atoms with Gasteiger partial charge in [0.2, 0.25) is 0 Å². The van der Waals surface area contributed by atoms with Crippen LogP contribution in [0, 0.1) is 0 Å². The normalized spacial score (nSPS) is 25.2. The number of aromatic nitrogens is 2. The van der Waals surface area contributed by atoms with Crippen molar-refractivity contribution in [2.24, 2.45) is 0 Å². The van der Waals surface area contributed by atoms with Crippen LogP contribution in [0.25, 0.3) is 12.2 Å². The second-order valence-corrected chi connectivity index (χ2v) is 6.09. The van der Waals surface area contributed by atoms with Gasteiger partial charge in [0.05, 0.1) is 19.3 Å². The van der Waals surface area contributed by atoms with E-state index in [0.717, 1.165) is 10.1 Å². The molecule has 1 aliphatic heterocycles. The predicted molar refractivity (Wildman–Crippen MR) is 96.3 cm³/mol. The summed E-state index contributed by atoms with van der Waals surface area (Å²) in [5, 5.41) is 29.1. The Hall–Kier alpha value is -2.72. The first-order chi connectivity index (χ1) is 12.9. The third-order valence-electron chi connectivity index (χ3n) is 4.36. The van der Waals surface area contributed by atoms with Gasteiger partial charge in [-0.3, -0.25) is 14.3 Å². The van der Waals surface area contributed by atoms with Crippen molar-refractivity contribution in [1.82, 2.24) is 9.55 Å². The van der Waals surface area contributed by atoms with Crippen molar-refractivity contribution in [1.29, 1.82) is 0 Å². The molecule has 1 aliphatic rings. The van der Waals surface area contributed by atoms with E-state index in [9.17, 15) is 24.9 Å². The molecule has 1 aromatic carbocycles. The number of aliphatic hydroxyl groups excluding tert-OH is 3. The third-order valence-corrected chi connectivity index (χ3v) is 4.36. The molecule has 2 aromatic rings. The Morgan fingerprint density at radius 3 is 2.48 bits per heavy atom. The Morgan fingerprint density at radius 2 is 1.89 bits per heavy atom. The van der Waals surface area contributed by atoms with Gasteiger partial charge < -0.3 is 24.8 Å². The Morgan fingerprint density at radius 1 is 1.19 bits per heavy atom. The van der Waals surface area contributed by atoms with Crippen molar-refractivity contribution in [3.63, 3.8) is 0 Å². The Kier molecular flexibility index (Phi) is 5.57. The van der Waals surface area contributed by atoms with E-state index in [1.165, 1.54) is 12.3 Å². The van der Waals surface area contributed by atoms with Crippen LogP contribution in [0.3, 0.4) is 0 Å². The lowest BCUT2D eigenvalue weighted by molar-refractivity contribution is -0.0550. The zero-order valence-electron chi connectivity index (χ0n) is 14.5. The molecule has 0 aliphatic carbocycles. The van der Waals surface area contributed by atoms with Crippen molar-refractivity contribution >= 4 is 12.2 Å². The van der Waals surface area contributed by atoms with E-state index in [4.69, 9.17) is 9.47 Å². The summed E-state index contributed by atoms with van der Waals surface area (Å²) < 4.78 is 11.4. The number of rotatable bonds is 5. The van der Waals surface area contributed by atoms with E-state index in [1.54, 1.807) is 37.5 Å². The molecule has 0 amide bonds. The van der Waals surface area contributed by atoms with E-state index in [-0.39, 0.29) is 5.56 Å². The minimum absolute atomic E-state index is 0.156. The van der Waals surface area contributed by atoms with Crippen LogP contribution >= 0.6 is 0 Å². The molecule has 2 heterocycles. The molecule has 4 atom stereocenters. The number of nitrogens with one attached hydrogen (secondary N) is 1. The van der Waals surface area contributed by atoms with Gasteiger partial charge in [-0.25, -0.2) is 4.79 Å². The topological polar surface area (TPSA) is 134 Å². The molecule has 1 aromatic heterocycles. The second-order valence-electron chi connectivity index (χ2n) is 6.09. The number of aliphatic hydroxyl groups is 3. The number of hydrogen-bond donors (Lipinski definition) is 4. The Bertz CT molecular complexity index is 932. The van der Waals surface area contributed by atoms with Crippen LogP contribution < -0.4 is 16.0 Å². The average Bonchev–Trinajstić information content (AvgIpc) is 2.96. The summed E-state index contributed by atoms with van der Waals surface area (Å²) in [7, 11) is 1.56. The molecular weight excluding hydrogens is 356 g/mol. The van der Waals surface area contributed by atoms with Gasteiger partial charge in [-0.05, 0) is 23.8 Å². The molecule has 0 saturated carbocycles. The monoisotopic (exact) mass is 376 g/mol. The van der Waals surface area contributed by atoms with Gasteiger partial charge in [0.25, 0.3) is 5.56 Å². The molecular formula is C18H20N2O7. The first kappa shape index (κ1) is 19.1. The predicted octanol–water partition coefficient (Wildman–Crippen LogP) is -0.673. The number of H-pyrrole nitrogens is 1. The summed E-state index contributed by atoms with van der Waals surface area (Å²) in [5.41, 5.74) is -0.437. The average molecular weight is 376 g/mol. The van der Waals surface area contributed by atoms with Crippen LogP contribution in [0.15, 0.2) is 40.1 Å².